The highest BCUT2D eigenvalue weighted by atomic mass is 32.2. The van der Waals surface area contributed by atoms with Crippen molar-refractivity contribution in [3.63, 3.8) is 0 Å². The number of benzene rings is 1. The zero-order chi connectivity index (χ0) is 13.2. The maximum absolute atomic E-state index is 12.0. The molecule has 1 aromatic carbocycles. The number of hydrogen-bond donors (Lipinski definition) is 1. The average Bonchev–Trinajstić information content (AvgIpc) is 2.27. The van der Waals surface area contributed by atoms with Crippen LogP contribution in [0.2, 0.25) is 0 Å². The molecule has 0 aliphatic heterocycles. The van der Waals surface area contributed by atoms with E-state index in [4.69, 9.17) is 5.73 Å². The molecule has 2 N–H and O–H groups in total. The van der Waals surface area contributed by atoms with Gasteiger partial charge in [-0.1, -0.05) is 6.07 Å². The van der Waals surface area contributed by atoms with E-state index < -0.39 is 10.0 Å². The third kappa shape index (κ3) is 2.53. The van der Waals surface area contributed by atoms with Crippen LogP contribution in [-0.4, -0.2) is 40.4 Å². The summed E-state index contributed by atoms with van der Waals surface area (Å²) >= 11 is 0. The van der Waals surface area contributed by atoms with Crippen molar-refractivity contribution in [2.75, 3.05) is 38.3 Å². The van der Waals surface area contributed by atoms with E-state index >= 15 is 0 Å². The molecule has 0 heterocycles. The molecule has 0 saturated carbocycles. The second-order valence-corrected chi connectivity index (χ2v) is 6.11. The number of sulfonamides is 1. The lowest BCUT2D eigenvalue weighted by Gasteiger charge is -2.21. The van der Waals surface area contributed by atoms with Gasteiger partial charge in [-0.25, -0.2) is 12.7 Å². The van der Waals surface area contributed by atoms with Gasteiger partial charge in [-0.15, -0.1) is 0 Å². The largest absolute Gasteiger partial charge is 0.396 e. The summed E-state index contributed by atoms with van der Waals surface area (Å²) in [7, 11) is 1.36. The summed E-state index contributed by atoms with van der Waals surface area (Å²) in [4.78, 5) is 2.06. The van der Waals surface area contributed by atoms with Gasteiger partial charge in [0.05, 0.1) is 11.4 Å². The van der Waals surface area contributed by atoms with Gasteiger partial charge in [-0.3, -0.25) is 0 Å². The van der Waals surface area contributed by atoms with E-state index in [-0.39, 0.29) is 4.90 Å². The maximum atomic E-state index is 12.0. The van der Waals surface area contributed by atoms with E-state index in [0.717, 1.165) is 16.5 Å². The zero-order valence-electron chi connectivity index (χ0n) is 10.6. The second kappa shape index (κ2) is 4.93. The molecule has 0 radical (unpaired) electrons. The van der Waals surface area contributed by atoms with Crippen molar-refractivity contribution in [3.8, 4) is 0 Å². The SMILES string of the molecule is CCN(C)c1cccc(S(=O)(=O)N(C)C)c1N. The number of nitrogen functional groups attached to an aromatic ring is 1. The molecule has 0 aromatic heterocycles. The van der Waals surface area contributed by atoms with Gasteiger partial charge in [0.15, 0.2) is 0 Å². The molecule has 1 rings (SSSR count). The molecule has 0 saturated heterocycles. The first kappa shape index (κ1) is 13.8. The number of rotatable bonds is 4. The van der Waals surface area contributed by atoms with Crippen LogP contribution in [0.1, 0.15) is 6.92 Å². The molecule has 0 aliphatic rings. The fraction of sp³-hybridized carbons (Fsp3) is 0.455. The van der Waals surface area contributed by atoms with Gasteiger partial charge < -0.3 is 10.6 Å². The lowest BCUT2D eigenvalue weighted by Crippen LogP contribution is -2.24. The van der Waals surface area contributed by atoms with Crippen LogP contribution in [0.25, 0.3) is 0 Å². The van der Waals surface area contributed by atoms with Crippen LogP contribution in [0.3, 0.4) is 0 Å². The summed E-state index contributed by atoms with van der Waals surface area (Å²) in [5.74, 6) is 0. The Labute approximate surface area is 103 Å². The van der Waals surface area contributed by atoms with Crippen LogP contribution in [-0.2, 0) is 10.0 Å². The van der Waals surface area contributed by atoms with Crippen LogP contribution in [0.4, 0.5) is 11.4 Å². The van der Waals surface area contributed by atoms with Gasteiger partial charge in [0.1, 0.15) is 4.90 Å². The van der Waals surface area contributed by atoms with Gasteiger partial charge in [0.25, 0.3) is 0 Å². The smallest absolute Gasteiger partial charge is 0.244 e. The van der Waals surface area contributed by atoms with Crippen molar-refractivity contribution >= 4 is 21.4 Å². The fourth-order valence-corrected chi connectivity index (χ4v) is 2.48. The minimum Gasteiger partial charge on any atom is -0.396 e. The quantitative estimate of drug-likeness (QED) is 0.816. The van der Waals surface area contributed by atoms with Crippen LogP contribution in [0.5, 0.6) is 0 Å². The molecule has 0 bridgehead atoms. The predicted octanol–water partition coefficient (Wildman–Crippen LogP) is 0.975. The molecule has 0 aliphatic carbocycles. The molecule has 1 aromatic rings. The predicted molar refractivity (Wildman–Crippen MR) is 70.7 cm³/mol. The Hall–Kier alpha value is -1.27. The maximum Gasteiger partial charge on any atom is 0.244 e. The van der Waals surface area contributed by atoms with E-state index in [1.165, 1.54) is 20.2 Å². The molecule has 0 amide bonds. The van der Waals surface area contributed by atoms with Crippen LogP contribution < -0.4 is 10.6 Å². The monoisotopic (exact) mass is 257 g/mol. The molecule has 0 atom stereocenters. The first-order valence-corrected chi connectivity index (χ1v) is 6.78. The average molecular weight is 257 g/mol. The lowest BCUT2D eigenvalue weighted by atomic mass is 10.2. The summed E-state index contributed by atoms with van der Waals surface area (Å²) in [6, 6.07) is 5.04. The number of anilines is 2. The Morgan fingerprint density at radius 3 is 2.29 bits per heavy atom. The van der Waals surface area contributed by atoms with Crippen molar-refractivity contribution < 1.29 is 8.42 Å². The summed E-state index contributed by atoms with van der Waals surface area (Å²) in [6.45, 7) is 2.74. The van der Waals surface area contributed by atoms with Gasteiger partial charge in [0.2, 0.25) is 10.0 Å². The van der Waals surface area contributed by atoms with E-state index in [9.17, 15) is 8.42 Å². The second-order valence-electron chi connectivity index (χ2n) is 3.99. The first-order chi connectivity index (χ1) is 7.82. The first-order valence-electron chi connectivity index (χ1n) is 5.34. The molecule has 0 spiro atoms. The van der Waals surface area contributed by atoms with Gasteiger partial charge >= 0.3 is 0 Å². The van der Waals surface area contributed by atoms with E-state index in [1.807, 2.05) is 24.9 Å². The Morgan fingerprint density at radius 2 is 1.82 bits per heavy atom. The topological polar surface area (TPSA) is 66.6 Å². The summed E-state index contributed by atoms with van der Waals surface area (Å²) in [5, 5.41) is 0. The van der Waals surface area contributed by atoms with Crippen LogP contribution >= 0.6 is 0 Å². The molecular formula is C11H19N3O2S. The van der Waals surface area contributed by atoms with Crippen molar-refractivity contribution in [3.05, 3.63) is 18.2 Å². The van der Waals surface area contributed by atoms with Crippen molar-refractivity contribution in [1.29, 1.82) is 0 Å². The number of para-hydroxylation sites is 1. The standard InChI is InChI=1S/C11H19N3O2S/c1-5-14(4)9-7-6-8-10(11(9)12)17(15,16)13(2)3/h6-8H,5,12H2,1-4H3. The third-order valence-corrected chi connectivity index (χ3v) is 4.56. The Morgan fingerprint density at radius 1 is 1.24 bits per heavy atom. The van der Waals surface area contributed by atoms with Gasteiger partial charge in [0, 0.05) is 27.7 Å². The van der Waals surface area contributed by atoms with Crippen molar-refractivity contribution in [2.45, 2.75) is 11.8 Å². The van der Waals surface area contributed by atoms with Crippen LogP contribution in [0, 0.1) is 0 Å². The Kier molecular flexibility index (Phi) is 4.00. The number of nitrogens with zero attached hydrogens (tertiary/aromatic N) is 2. The molecule has 6 heteroatoms. The van der Waals surface area contributed by atoms with E-state index in [0.29, 0.717) is 5.69 Å². The summed E-state index contributed by atoms with van der Waals surface area (Å²) < 4.78 is 25.2. The van der Waals surface area contributed by atoms with E-state index in [1.54, 1.807) is 6.07 Å². The Bertz CT molecular complexity index is 497. The fourth-order valence-electron chi connectivity index (χ4n) is 1.46. The van der Waals surface area contributed by atoms with Gasteiger partial charge in [-0.05, 0) is 19.1 Å². The van der Waals surface area contributed by atoms with Crippen molar-refractivity contribution in [1.82, 2.24) is 4.31 Å². The molecular weight excluding hydrogens is 238 g/mol. The summed E-state index contributed by atoms with van der Waals surface area (Å²) in [5.41, 5.74) is 6.96. The highest BCUT2D eigenvalue weighted by molar-refractivity contribution is 7.89. The van der Waals surface area contributed by atoms with E-state index in [2.05, 4.69) is 0 Å². The zero-order valence-corrected chi connectivity index (χ0v) is 11.5. The molecule has 17 heavy (non-hydrogen) atoms. The summed E-state index contributed by atoms with van der Waals surface area (Å²) in [6.07, 6.45) is 0. The minimum atomic E-state index is -3.49. The van der Waals surface area contributed by atoms with Crippen LogP contribution in [0.15, 0.2) is 23.1 Å². The molecule has 0 fully saturated rings. The highest BCUT2D eigenvalue weighted by Gasteiger charge is 2.22. The van der Waals surface area contributed by atoms with Gasteiger partial charge in [-0.2, -0.15) is 0 Å². The molecule has 0 unspecified atom stereocenters. The number of nitrogens with two attached hydrogens (primary N) is 1. The number of hydrogen-bond acceptors (Lipinski definition) is 4. The highest BCUT2D eigenvalue weighted by Crippen LogP contribution is 2.30. The normalized spacial score (nSPS) is 11.8. The Balaban J connectivity index is 3.39. The molecule has 5 nitrogen and oxygen atoms in total. The molecule has 96 valence electrons. The van der Waals surface area contributed by atoms with Crippen molar-refractivity contribution in [2.24, 2.45) is 0 Å². The lowest BCUT2D eigenvalue weighted by molar-refractivity contribution is 0.521. The third-order valence-electron chi connectivity index (χ3n) is 2.69. The minimum absolute atomic E-state index is 0.153.